The van der Waals surface area contributed by atoms with Gasteiger partial charge in [0.05, 0.1) is 4.90 Å². The third-order valence-corrected chi connectivity index (χ3v) is 6.67. The van der Waals surface area contributed by atoms with Gasteiger partial charge in [-0.2, -0.15) is 0 Å². The number of carbonyl (C=O) groups is 2. The molecule has 31 heavy (non-hydrogen) atoms. The smallest absolute Gasteiger partial charge is 0.408 e. The maximum atomic E-state index is 12.9. The van der Waals surface area contributed by atoms with Crippen molar-refractivity contribution in [2.75, 3.05) is 19.4 Å². The van der Waals surface area contributed by atoms with E-state index in [9.17, 15) is 18.0 Å². The van der Waals surface area contributed by atoms with Gasteiger partial charge in [0.25, 0.3) is 0 Å². The minimum atomic E-state index is -3.64. The number of nitrogens with zero attached hydrogens (tertiary/aromatic N) is 1. The van der Waals surface area contributed by atoms with Crippen molar-refractivity contribution in [2.24, 2.45) is 5.92 Å². The van der Waals surface area contributed by atoms with Crippen LogP contribution in [0.5, 0.6) is 0 Å². The van der Waals surface area contributed by atoms with E-state index >= 15 is 0 Å². The number of rotatable bonds is 9. The van der Waals surface area contributed by atoms with Crippen LogP contribution in [0.15, 0.2) is 59.5 Å². The van der Waals surface area contributed by atoms with Gasteiger partial charge in [0.15, 0.2) is 0 Å². The summed E-state index contributed by atoms with van der Waals surface area (Å²) in [4.78, 5) is 25.2. The fraction of sp³-hybridized carbons (Fsp3) is 0.364. The average Bonchev–Trinajstić information content (AvgIpc) is 2.76. The summed E-state index contributed by atoms with van der Waals surface area (Å²) >= 11 is 0. The summed E-state index contributed by atoms with van der Waals surface area (Å²) in [6.07, 6.45) is -0.0558. The summed E-state index contributed by atoms with van der Waals surface area (Å²) in [6.45, 7) is 3.84. The van der Waals surface area contributed by atoms with Crippen LogP contribution in [-0.4, -0.2) is 44.9 Å². The Kier molecular flexibility index (Phi) is 8.58. The first-order chi connectivity index (χ1) is 14.6. The van der Waals surface area contributed by atoms with E-state index in [1.54, 1.807) is 12.1 Å². The fourth-order valence-electron chi connectivity index (χ4n) is 2.76. The Balaban J connectivity index is 2.09. The molecule has 0 aliphatic heterocycles. The monoisotopic (exact) mass is 447 g/mol. The molecule has 0 spiro atoms. The Hall–Kier alpha value is -2.91. The highest BCUT2D eigenvalue weighted by Crippen LogP contribution is 2.19. The van der Waals surface area contributed by atoms with Crippen molar-refractivity contribution >= 4 is 27.7 Å². The van der Waals surface area contributed by atoms with Gasteiger partial charge in [-0.15, -0.1) is 0 Å². The van der Waals surface area contributed by atoms with Crippen LogP contribution in [0.25, 0.3) is 0 Å². The average molecular weight is 448 g/mol. The molecule has 2 rings (SSSR count). The zero-order chi connectivity index (χ0) is 23.0. The van der Waals surface area contributed by atoms with Crippen LogP contribution >= 0.6 is 0 Å². The number of alkyl carbamates (subject to hydrolysis) is 1. The number of amides is 2. The highest BCUT2D eigenvalue weighted by atomic mass is 32.2. The Morgan fingerprint density at radius 2 is 1.74 bits per heavy atom. The molecule has 0 fully saturated rings. The molecule has 8 nitrogen and oxygen atoms in total. The van der Waals surface area contributed by atoms with Crippen LogP contribution in [0.1, 0.15) is 25.8 Å². The molecule has 0 aromatic heterocycles. The second-order valence-electron chi connectivity index (χ2n) is 7.37. The van der Waals surface area contributed by atoms with Gasteiger partial charge in [-0.1, -0.05) is 56.7 Å². The molecule has 0 saturated heterocycles. The quantitative estimate of drug-likeness (QED) is 0.614. The topological polar surface area (TPSA) is 105 Å². The summed E-state index contributed by atoms with van der Waals surface area (Å²) in [7, 11) is -0.767. The molecule has 168 valence electrons. The third-order valence-electron chi connectivity index (χ3n) is 4.86. The summed E-state index contributed by atoms with van der Waals surface area (Å²) in [5, 5.41) is 5.32. The van der Waals surface area contributed by atoms with Crippen molar-refractivity contribution in [3.63, 3.8) is 0 Å². The van der Waals surface area contributed by atoms with Crippen LogP contribution in [0.3, 0.4) is 0 Å². The van der Waals surface area contributed by atoms with Crippen molar-refractivity contribution < 1.29 is 22.7 Å². The lowest BCUT2D eigenvalue weighted by molar-refractivity contribution is -0.119. The van der Waals surface area contributed by atoms with E-state index in [2.05, 4.69) is 10.6 Å². The zero-order valence-corrected chi connectivity index (χ0v) is 19.0. The molecule has 2 N–H and O–H groups in total. The van der Waals surface area contributed by atoms with E-state index < -0.39 is 28.1 Å². The van der Waals surface area contributed by atoms with Crippen molar-refractivity contribution in [3.05, 3.63) is 60.2 Å². The summed E-state index contributed by atoms with van der Waals surface area (Å²) in [5.74, 6) is -0.622. The van der Waals surface area contributed by atoms with Crippen LogP contribution in [-0.2, 0) is 26.2 Å². The highest BCUT2D eigenvalue weighted by molar-refractivity contribution is 7.89. The van der Waals surface area contributed by atoms with Gasteiger partial charge >= 0.3 is 6.09 Å². The van der Waals surface area contributed by atoms with Crippen LogP contribution in [0.4, 0.5) is 10.5 Å². The Bertz CT molecular complexity index is 993. The largest absolute Gasteiger partial charge is 0.445 e. The first-order valence-electron chi connectivity index (χ1n) is 9.95. The van der Waals surface area contributed by atoms with Gasteiger partial charge in [0.1, 0.15) is 12.6 Å². The zero-order valence-electron chi connectivity index (χ0n) is 18.2. The van der Waals surface area contributed by atoms with E-state index in [1.165, 1.54) is 26.2 Å². The van der Waals surface area contributed by atoms with Crippen molar-refractivity contribution in [2.45, 2.75) is 37.8 Å². The molecule has 2 amide bonds. The first-order valence-corrected chi connectivity index (χ1v) is 11.4. The third kappa shape index (κ3) is 6.80. The van der Waals surface area contributed by atoms with Crippen LogP contribution < -0.4 is 10.6 Å². The Morgan fingerprint density at radius 1 is 1.06 bits per heavy atom. The molecule has 0 saturated carbocycles. The molecule has 2 unspecified atom stereocenters. The van der Waals surface area contributed by atoms with Gasteiger partial charge < -0.3 is 15.4 Å². The van der Waals surface area contributed by atoms with Gasteiger partial charge in [0.2, 0.25) is 15.9 Å². The molecule has 0 aliphatic carbocycles. The molecule has 9 heteroatoms. The lowest BCUT2D eigenvalue weighted by Crippen LogP contribution is -2.47. The lowest BCUT2D eigenvalue weighted by Gasteiger charge is -2.23. The number of hydrogen-bond donors (Lipinski definition) is 2. The predicted octanol–water partition coefficient (Wildman–Crippen LogP) is 3.22. The number of nitrogens with one attached hydrogen (secondary N) is 2. The van der Waals surface area contributed by atoms with E-state index in [1.807, 2.05) is 44.2 Å². The SMILES string of the molecule is CCC(C)C(NC(=O)OCc1ccccc1)C(=O)Nc1cccc(S(=O)(=O)N(C)C)c1. The molecule has 2 aromatic carbocycles. The van der Waals surface area contributed by atoms with Gasteiger partial charge in [-0.3, -0.25) is 4.79 Å². The molecule has 0 radical (unpaired) electrons. The molecular formula is C22H29N3O5S. The highest BCUT2D eigenvalue weighted by Gasteiger charge is 2.27. The summed E-state index contributed by atoms with van der Waals surface area (Å²) in [6, 6.07) is 14.4. The normalized spacial score (nSPS) is 13.3. The molecule has 2 aromatic rings. The van der Waals surface area contributed by atoms with Gasteiger partial charge in [-0.25, -0.2) is 17.5 Å². The first kappa shape index (κ1) is 24.4. The molecular weight excluding hydrogens is 418 g/mol. The number of benzene rings is 2. The standard InChI is InChI=1S/C22H29N3O5S/c1-5-16(2)20(24-22(27)30-15-17-10-7-6-8-11-17)21(26)23-18-12-9-13-19(14-18)31(28,29)25(3)4/h6-14,16,20H,5,15H2,1-4H3,(H,23,26)(H,24,27). The van der Waals surface area contributed by atoms with Crippen LogP contribution in [0, 0.1) is 5.92 Å². The van der Waals surface area contributed by atoms with Crippen LogP contribution in [0.2, 0.25) is 0 Å². The number of carbonyl (C=O) groups excluding carboxylic acids is 2. The summed E-state index contributed by atoms with van der Waals surface area (Å²) in [5.41, 5.74) is 1.15. The van der Waals surface area contributed by atoms with Crippen molar-refractivity contribution in [1.82, 2.24) is 9.62 Å². The number of hydrogen-bond acceptors (Lipinski definition) is 5. The van der Waals surface area contributed by atoms with E-state index in [4.69, 9.17) is 4.74 Å². The minimum Gasteiger partial charge on any atom is -0.445 e. The second-order valence-corrected chi connectivity index (χ2v) is 9.53. The molecule has 0 aliphatic rings. The fourth-order valence-corrected chi connectivity index (χ4v) is 3.71. The number of sulfonamides is 1. The maximum Gasteiger partial charge on any atom is 0.408 e. The molecule has 2 atom stereocenters. The maximum absolute atomic E-state index is 12.9. The Labute approximate surface area is 183 Å². The number of anilines is 1. The lowest BCUT2D eigenvalue weighted by atomic mass is 9.98. The van der Waals surface area contributed by atoms with E-state index in [-0.39, 0.29) is 17.4 Å². The molecule has 0 bridgehead atoms. The minimum absolute atomic E-state index is 0.0608. The number of ether oxygens (including phenoxy) is 1. The predicted molar refractivity (Wildman–Crippen MR) is 119 cm³/mol. The van der Waals surface area contributed by atoms with Crippen molar-refractivity contribution in [3.8, 4) is 0 Å². The van der Waals surface area contributed by atoms with E-state index in [0.29, 0.717) is 12.1 Å². The Morgan fingerprint density at radius 3 is 2.35 bits per heavy atom. The van der Waals surface area contributed by atoms with Gasteiger partial charge in [0, 0.05) is 19.8 Å². The molecule has 0 heterocycles. The summed E-state index contributed by atoms with van der Waals surface area (Å²) < 4.78 is 31.0. The second kappa shape index (κ2) is 10.9. The van der Waals surface area contributed by atoms with E-state index in [0.717, 1.165) is 9.87 Å². The van der Waals surface area contributed by atoms with Crippen molar-refractivity contribution in [1.29, 1.82) is 0 Å². The van der Waals surface area contributed by atoms with Gasteiger partial charge in [-0.05, 0) is 29.7 Å².